The second kappa shape index (κ2) is 6.56. The SMILES string of the molecule is O=C(Nc1ccc2c(c1)OCO2)c1cc(NCc2ccco2)ccn1. The molecule has 1 amide bonds. The van der Waals surface area contributed by atoms with Gasteiger partial charge in [-0.3, -0.25) is 9.78 Å². The van der Waals surface area contributed by atoms with E-state index in [9.17, 15) is 4.79 Å². The van der Waals surface area contributed by atoms with Crippen molar-refractivity contribution in [2.75, 3.05) is 17.4 Å². The maximum Gasteiger partial charge on any atom is 0.274 e. The molecule has 126 valence electrons. The van der Waals surface area contributed by atoms with Crippen molar-refractivity contribution in [1.82, 2.24) is 4.98 Å². The van der Waals surface area contributed by atoms with Crippen LogP contribution in [-0.4, -0.2) is 17.7 Å². The van der Waals surface area contributed by atoms with Crippen molar-refractivity contribution in [2.45, 2.75) is 6.54 Å². The minimum absolute atomic E-state index is 0.192. The predicted molar refractivity (Wildman–Crippen MR) is 90.8 cm³/mol. The molecule has 2 N–H and O–H groups in total. The van der Waals surface area contributed by atoms with Crippen LogP contribution in [0.25, 0.3) is 0 Å². The van der Waals surface area contributed by atoms with Crippen LogP contribution in [0.15, 0.2) is 59.3 Å². The topological polar surface area (TPSA) is 85.6 Å². The van der Waals surface area contributed by atoms with Crippen LogP contribution in [0.4, 0.5) is 11.4 Å². The Kier molecular flexibility index (Phi) is 3.96. The summed E-state index contributed by atoms with van der Waals surface area (Å²) in [7, 11) is 0. The second-order valence-corrected chi connectivity index (χ2v) is 5.38. The number of nitrogens with one attached hydrogen (secondary N) is 2. The lowest BCUT2D eigenvalue weighted by Gasteiger charge is -2.08. The summed E-state index contributed by atoms with van der Waals surface area (Å²) in [5.74, 6) is 1.78. The van der Waals surface area contributed by atoms with E-state index in [4.69, 9.17) is 13.9 Å². The normalized spacial score (nSPS) is 12.0. The van der Waals surface area contributed by atoms with E-state index in [2.05, 4.69) is 15.6 Å². The number of aromatic nitrogens is 1. The third-order valence-electron chi connectivity index (χ3n) is 3.67. The smallest absolute Gasteiger partial charge is 0.274 e. The highest BCUT2D eigenvalue weighted by Gasteiger charge is 2.15. The molecular formula is C18H15N3O4. The van der Waals surface area contributed by atoms with Crippen LogP contribution in [0.1, 0.15) is 16.2 Å². The van der Waals surface area contributed by atoms with Gasteiger partial charge in [0.25, 0.3) is 5.91 Å². The Morgan fingerprint density at radius 2 is 2.00 bits per heavy atom. The van der Waals surface area contributed by atoms with Gasteiger partial charge in [0.1, 0.15) is 11.5 Å². The van der Waals surface area contributed by atoms with E-state index in [1.54, 1.807) is 42.8 Å². The number of nitrogens with zero attached hydrogens (tertiary/aromatic N) is 1. The number of amides is 1. The van der Waals surface area contributed by atoms with Gasteiger partial charge in [0.2, 0.25) is 6.79 Å². The van der Waals surface area contributed by atoms with Crippen LogP contribution in [0, 0.1) is 0 Å². The fourth-order valence-corrected chi connectivity index (χ4v) is 2.44. The number of hydrogen-bond donors (Lipinski definition) is 2. The molecule has 4 rings (SSSR count). The Bertz CT molecular complexity index is 893. The summed E-state index contributed by atoms with van der Waals surface area (Å²) in [5.41, 5.74) is 1.70. The Hall–Kier alpha value is -3.48. The third kappa shape index (κ3) is 3.40. The molecule has 0 saturated heterocycles. The number of ether oxygens (including phenoxy) is 2. The van der Waals surface area contributed by atoms with Crippen molar-refractivity contribution >= 4 is 17.3 Å². The summed E-state index contributed by atoms with van der Waals surface area (Å²) >= 11 is 0. The van der Waals surface area contributed by atoms with Gasteiger partial charge in [-0.1, -0.05) is 0 Å². The molecule has 0 fully saturated rings. The zero-order valence-electron chi connectivity index (χ0n) is 13.2. The minimum Gasteiger partial charge on any atom is -0.467 e. The van der Waals surface area contributed by atoms with Gasteiger partial charge in [0.05, 0.1) is 12.8 Å². The first kappa shape index (κ1) is 15.1. The van der Waals surface area contributed by atoms with E-state index in [1.807, 2.05) is 12.1 Å². The second-order valence-electron chi connectivity index (χ2n) is 5.38. The lowest BCUT2D eigenvalue weighted by Crippen LogP contribution is -2.14. The standard InChI is InChI=1S/C18H15N3O4/c22-18(21-13-3-4-16-17(9-13)25-11-24-16)15-8-12(5-6-19-15)20-10-14-2-1-7-23-14/h1-9H,10-11H2,(H,19,20)(H,21,22). The van der Waals surface area contributed by atoms with Gasteiger partial charge < -0.3 is 24.5 Å². The summed E-state index contributed by atoms with van der Waals surface area (Å²) < 4.78 is 15.8. The highest BCUT2D eigenvalue weighted by Crippen LogP contribution is 2.34. The van der Waals surface area contributed by atoms with Crippen LogP contribution >= 0.6 is 0 Å². The molecule has 7 nitrogen and oxygen atoms in total. The molecule has 3 aromatic rings. The Morgan fingerprint density at radius 1 is 1.08 bits per heavy atom. The number of anilines is 2. The molecule has 0 radical (unpaired) electrons. The number of furan rings is 1. The maximum atomic E-state index is 12.4. The maximum absolute atomic E-state index is 12.4. The largest absolute Gasteiger partial charge is 0.467 e. The molecule has 2 aromatic heterocycles. The molecule has 1 aromatic carbocycles. The molecular weight excluding hydrogens is 322 g/mol. The zero-order chi connectivity index (χ0) is 17.1. The van der Waals surface area contributed by atoms with Crippen molar-refractivity contribution in [1.29, 1.82) is 0 Å². The quantitative estimate of drug-likeness (QED) is 0.743. The van der Waals surface area contributed by atoms with E-state index in [1.165, 1.54) is 0 Å². The van der Waals surface area contributed by atoms with Gasteiger partial charge in [-0.25, -0.2) is 0 Å². The lowest BCUT2D eigenvalue weighted by atomic mass is 10.2. The van der Waals surface area contributed by atoms with E-state index in [0.717, 1.165) is 11.4 Å². The average molecular weight is 337 g/mol. The van der Waals surface area contributed by atoms with Gasteiger partial charge in [0, 0.05) is 23.6 Å². The summed E-state index contributed by atoms with van der Waals surface area (Å²) in [6, 6.07) is 12.4. The Balaban J connectivity index is 1.44. The van der Waals surface area contributed by atoms with Gasteiger partial charge in [0.15, 0.2) is 11.5 Å². The fraction of sp³-hybridized carbons (Fsp3) is 0.111. The summed E-state index contributed by atoms with van der Waals surface area (Å²) in [6.45, 7) is 0.720. The first-order valence-electron chi connectivity index (χ1n) is 7.71. The van der Waals surface area contributed by atoms with Crippen molar-refractivity contribution in [3.8, 4) is 11.5 Å². The van der Waals surface area contributed by atoms with Crippen molar-refractivity contribution in [2.24, 2.45) is 0 Å². The van der Waals surface area contributed by atoms with Crippen molar-refractivity contribution in [3.63, 3.8) is 0 Å². The summed E-state index contributed by atoms with van der Waals surface area (Å²) in [4.78, 5) is 16.5. The van der Waals surface area contributed by atoms with Gasteiger partial charge >= 0.3 is 0 Å². The number of benzene rings is 1. The van der Waals surface area contributed by atoms with Crippen LogP contribution in [0.3, 0.4) is 0 Å². The van der Waals surface area contributed by atoms with E-state index in [0.29, 0.717) is 29.4 Å². The van der Waals surface area contributed by atoms with Crippen LogP contribution in [0.5, 0.6) is 11.5 Å². The highest BCUT2D eigenvalue weighted by molar-refractivity contribution is 6.03. The number of rotatable bonds is 5. The van der Waals surface area contributed by atoms with Crippen molar-refractivity contribution < 1.29 is 18.7 Å². The molecule has 0 spiro atoms. The van der Waals surface area contributed by atoms with E-state index >= 15 is 0 Å². The number of fused-ring (bicyclic) bond motifs is 1. The van der Waals surface area contributed by atoms with E-state index < -0.39 is 0 Å². The summed E-state index contributed by atoms with van der Waals surface area (Å²) in [6.07, 6.45) is 3.20. The molecule has 0 atom stereocenters. The molecule has 25 heavy (non-hydrogen) atoms. The van der Waals surface area contributed by atoms with Crippen LogP contribution in [0.2, 0.25) is 0 Å². The average Bonchev–Trinajstić information content (AvgIpc) is 3.31. The molecule has 0 bridgehead atoms. The summed E-state index contributed by atoms with van der Waals surface area (Å²) in [5, 5.41) is 5.99. The molecule has 3 heterocycles. The molecule has 1 aliphatic heterocycles. The molecule has 0 aliphatic carbocycles. The zero-order valence-corrected chi connectivity index (χ0v) is 13.2. The Morgan fingerprint density at radius 3 is 2.88 bits per heavy atom. The highest BCUT2D eigenvalue weighted by atomic mass is 16.7. The predicted octanol–water partition coefficient (Wildman–Crippen LogP) is 3.27. The monoisotopic (exact) mass is 337 g/mol. The fourth-order valence-electron chi connectivity index (χ4n) is 2.44. The van der Waals surface area contributed by atoms with Crippen LogP contribution in [-0.2, 0) is 6.54 Å². The Labute approximate surface area is 143 Å². The molecule has 7 heteroatoms. The van der Waals surface area contributed by atoms with Gasteiger partial charge in [-0.2, -0.15) is 0 Å². The number of hydrogen-bond acceptors (Lipinski definition) is 6. The molecule has 1 aliphatic rings. The first-order chi connectivity index (χ1) is 12.3. The molecule has 0 unspecified atom stereocenters. The lowest BCUT2D eigenvalue weighted by molar-refractivity contribution is 0.102. The van der Waals surface area contributed by atoms with Crippen LogP contribution < -0.4 is 20.1 Å². The van der Waals surface area contributed by atoms with Crippen molar-refractivity contribution in [3.05, 3.63) is 66.4 Å². The van der Waals surface area contributed by atoms with Gasteiger partial charge in [-0.05, 0) is 36.4 Å². The number of carbonyl (C=O) groups is 1. The number of pyridine rings is 1. The number of carbonyl (C=O) groups excluding carboxylic acids is 1. The third-order valence-corrected chi connectivity index (χ3v) is 3.67. The van der Waals surface area contributed by atoms with E-state index in [-0.39, 0.29) is 12.7 Å². The first-order valence-corrected chi connectivity index (χ1v) is 7.71. The molecule has 0 saturated carbocycles. The minimum atomic E-state index is -0.305. The van der Waals surface area contributed by atoms with Gasteiger partial charge in [-0.15, -0.1) is 0 Å².